The fraction of sp³-hybridized carbons (Fsp3) is 0.389. The van der Waals surface area contributed by atoms with E-state index in [1.54, 1.807) is 0 Å². The van der Waals surface area contributed by atoms with Gasteiger partial charge in [-0.3, -0.25) is 19.2 Å². The maximum atomic E-state index is 10.8. The van der Waals surface area contributed by atoms with Gasteiger partial charge < -0.3 is 38.1 Å². The Kier molecular flexibility index (Phi) is 21.6. The summed E-state index contributed by atoms with van der Waals surface area (Å²) in [6.45, 7) is 10.7. The second-order valence-electron chi connectivity index (χ2n) is 11.0. The highest BCUT2D eigenvalue weighted by molar-refractivity contribution is 5.74. The molecule has 0 spiro atoms. The maximum Gasteiger partial charge on any atom is 0.305 e. The number of amides is 2. The van der Waals surface area contributed by atoms with Gasteiger partial charge in [-0.05, 0) is 91.6 Å². The third kappa shape index (κ3) is 22.1. The topological polar surface area (TPSA) is 201 Å². The van der Waals surface area contributed by atoms with Crippen molar-refractivity contribution in [3.8, 4) is 0 Å². The zero-order valence-corrected chi connectivity index (χ0v) is 28.1. The number of nitrogens with zero attached hydrogens (tertiary/aromatic N) is 1. The summed E-state index contributed by atoms with van der Waals surface area (Å²) < 4.78 is 4.55. The molecule has 0 aliphatic carbocycles. The van der Waals surface area contributed by atoms with E-state index < -0.39 is 5.66 Å². The van der Waals surface area contributed by atoms with Crippen LogP contribution < -0.4 is 28.3 Å². The number of esters is 1. The van der Waals surface area contributed by atoms with Crippen molar-refractivity contribution in [3.63, 3.8) is 0 Å². The van der Waals surface area contributed by atoms with E-state index in [0.717, 1.165) is 62.7 Å². The molecule has 11 heteroatoms. The molecular formula is C36H52N6O5. The molecule has 0 aliphatic heterocycles. The monoisotopic (exact) mass is 648 g/mol. The Balaban J connectivity index is 0.000000667. The minimum absolute atomic E-state index is 0.152. The number of hydrogen-bond donors (Lipinski definition) is 6. The number of nitrogens with one attached hydrogen (secondary N) is 1. The SMILES string of the molecule is CO.COC(=O)CCCc1ccc(N)cc1.NC(=O)CCCc1ccc(N)cc1.[C-]#[N+]C(C)(C)Nc1ccc(CCCC(N)=O)cc1. The molecule has 0 saturated heterocycles. The fourth-order valence-electron chi connectivity index (χ4n) is 3.98. The number of aliphatic hydroxyl groups is 1. The van der Waals surface area contributed by atoms with E-state index in [1.807, 2.05) is 86.6 Å². The van der Waals surface area contributed by atoms with Gasteiger partial charge in [-0.2, -0.15) is 0 Å². The molecule has 2 amide bonds. The van der Waals surface area contributed by atoms with Gasteiger partial charge in [0, 0.05) is 57.3 Å². The molecule has 47 heavy (non-hydrogen) atoms. The highest BCUT2D eigenvalue weighted by atomic mass is 16.5. The number of nitrogen functional groups attached to an aromatic ring is 2. The van der Waals surface area contributed by atoms with Crippen molar-refractivity contribution >= 4 is 34.8 Å². The van der Waals surface area contributed by atoms with Crippen LogP contribution in [0.5, 0.6) is 0 Å². The van der Waals surface area contributed by atoms with Crippen molar-refractivity contribution in [2.45, 2.75) is 77.3 Å². The van der Waals surface area contributed by atoms with E-state index >= 15 is 0 Å². The molecule has 10 N–H and O–H groups in total. The summed E-state index contributed by atoms with van der Waals surface area (Å²) in [4.78, 5) is 35.4. The highest BCUT2D eigenvalue weighted by Crippen LogP contribution is 2.17. The van der Waals surface area contributed by atoms with Gasteiger partial charge in [0.25, 0.3) is 5.66 Å². The van der Waals surface area contributed by atoms with Gasteiger partial charge >= 0.3 is 5.97 Å². The molecule has 3 aromatic rings. The lowest BCUT2D eigenvalue weighted by Gasteiger charge is -2.15. The van der Waals surface area contributed by atoms with Gasteiger partial charge in [0.1, 0.15) is 0 Å². The van der Waals surface area contributed by atoms with Gasteiger partial charge in [0.05, 0.1) is 7.11 Å². The zero-order chi connectivity index (χ0) is 35.7. The summed E-state index contributed by atoms with van der Waals surface area (Å²) in [5.74, 6) is -0.650. The number of aryl methyl sites for hydroxylation is 3. The lowest BCUT2D eigenvalue weighted by Crippen LogP contribution is -2.25. The van der Waals surface area contributed by atoms with Crippen LogP contribution in [0.15, 0.2) is 72.8 Å². The lowest BCUT2D eigenvalue weighted by molar-refractivity contribution is -0.140. The van der Waals surface area contributed by atoms with Crippen LogP contribution in [0.4, 0.5) is 17.1 Å². The van der Waals surface area contributed by atoms with Gasteiger partial charge in [0.15, 0.2) is 0 Å². The molecule has 0 unspecified atom stereocenters. The van der Waals surface area contributed by atoms with Gasteiger partial charge in [0.2, 0.25) is 11.8 Å². The van der Waals surface area contributed by atoms with Crippen molar-refractivity contribution in [2.24, 2.45) is 11.5 Å². The summed E-state index contributed by atoms with van der Waals surface area (Å²) in [6.07, 6.45) is 6.34. The summed E-state index contributed by atoms with van der Waals surface area (Å²) in [6, 6.07) is 23.3. The highest BCUT2D eigenvalue weighted by Gasteiger charge is 2.21. The third-order valence-electron chi connectivity index (χ3n) is 6.49. The molecule has 0 aromatic heterocycles. The summed E-state index contributed by atoms with van der Waals surface area (Å²) in [7, 11) is 2.41. The number of anilines is 3. The second-order valence-corrected chi connectivity index (χ2v) is 11.0. The number of nitrogens with two attached hydrogens (primary N) is 4. The number of ether oxygens (including phenoxy) is 1. The van der Waals surface area contributed by atoms with Crippen LogP contribution in [-0.2, 0) is 38.4 Å². The number of hydrogen-bond acceptors (Lipinski definition) is 8. The lowest BCUT2D eigenvalue weighted by atomic mass is 10.1. The van der Waals surface area contributed by atoms with E-state index in [2.05, 4.69) is 14.9 Å². The van der Waals surface area contributed by atoms with E-state index in [9.17, 15) is 14.4 Å². The van der Waals surface area contributed by atoms with Crippen LogP contribution >= 0.6 is 0 Å². The molecule has 0 fully saturated rings. The van der Waals surface area contributed by atoms with Gasteiger partial charge in [-0.1, -0.05) is 36.4 Å². The number of carbonyl (C=O) groups excluding carboxylic acids is 3. The minimum atomic E-state index is -0.590. The maximum absolute atomic E-state index is 10.8. The van der Waals surface area contributed by atoms with Crippen LogP contribution in [0.3, 0.4) is 0 Å². The van der Waals surface area contributed by atoms with Gasteiger partial charge in [-0.15, -0.1) is 0 Å². The summed E-state index contributed by atoms with van der Waals surface area (Å²) in [5, 5.41) is 10.1. The predicted molar refractivity (Wildman–Crippen MR) is 190 cm³/mol. The van der Waals surface area contributed by atoms with E-state index in [4.69, 9.17) is 34.6 Å². The molecule has 0 atom stereocenters. The molecule has 0 radical (unpaired) electrons. The van der Waals surface area contributed by atoms with Gasteiger partial charge in [-0.25, -0.2) is 6.57 Å². The third-order valence-corrected chi connectivity index (χ3v) is 6.49. The predicted octanol–water partition coefficient (Wildman–Crippen LogP) is 5.01. The number of primary amides is 2. The Morgan fingerprint density at radius 2 is 1.04 bits per heavy atom. The molecule has 0 aliphatic rings. The van der Waals surface area contributed by atoms with Crippen molar-refractivity contribution in [2.75, 3.05) is 31.0 Å². The average molecular weight is 649 g/mol. The number of rotatable bonds is 14. The Bertz CT molecular complexity index is 1350. The standard InChI is InChI=1S/C14H19N3O.C11H15NO2.C10H14N2O.CH4O/c1-14(2,16-3)17-12-9-7-11(8-10-12)5-4-6-13(15)18;1-14-11(13)4-2-3-9-5-7-10(12)8-6-9;11-9-6-4-8(5-7-9)2-1-3-10(12)13;1-2/h7-10,17H,4-6H2,1-2H3,(H2,15,18);5-8H,2-4,12H2,1H3;4-7H,1-3,11H2,(H2,12,13);2H,1H3. The van der Waals surface area contributed by atoms with Crippen LogP contribution in [0.25, 0.3) is 4.85 Å². The smallest absolute Gasteiger partial charge is 0.305 e. The van der Waals surface area contributed by atoms with Crippen LogP contribution in [0, 0.1) is 6.57 Å². The van der Waals surface area contributed by atoms with Crippen LogP contribution in [0.1, 0.15) is 69.1 Å². The summed E-state index contributed by atoms with van der Waals surface area (Å²) >= 11 is 0. The normalized spacial score (nSPS) is 9.87. The fourth-order valence-corrected chi connectivity index (χ4v) is 3.98. The minimum Gasteiger partial charge on any atom is -0.469 e. The quantitative estimate of drug-likeness (QED) is 0.0795. The zero-order valence-electron chi connectivity index (χ0n) is 28.1. The van der Waals surface area contributed by atoms with Crippen molar-refractivity contribution in [1.29, 1.82) is 0 Å². The first-order valence-corrected chi connectivity index (χ1v) is 15.4. The number of benzene rings is 3. The van der Waals surface area contributed by atoms with Crippen molar-refractivity contribution in [1.82, 2.24) is 0 Å². The summed E-state index contributed by atoms with van der Waals surface area (Å²) in [5.41, 5.74) is 26.6. The van der Waals surface area contributed by atoms with E-state index in [0.29, 0.717) is 19.3 Å². The first kappa shape index (κ1) is 41.9. The number of carbonyl (C=O) groups is 3. The van der Waals surface area contributed by atoms with Crippen molar-refractivity contribution < 1.29 is 24.2 Å². The van der Waals surface area contributed by atoms with Crippen LogP contribution in [-0.4, -0.2) is 42.8 Å². The number of aliphatic hydroxyl groups excluding tert-OH is 1. The molecule has 3 rings (SSSR count). The van der Waals surface area contributed by atoms with Crippen molar-refractivity contribution in [3.05, 3.63) is 101 Å². The first-order valence-electron chi connectivity index (χ1n) is 15.4. The number of methoxy groups -OCH3 is 1. The Hall–Kier alpha value is -5.08. The molecule has 0 saturated carbocycles. The first-order chi connectivity index (χ1) is 22.3. The van der Waals surface area contributed by atoms with E-state index in [-0.39, 0.29) is 17.8 Å². The average Bonchev–Trinajstić information content (AvgIpc) is 3.05. The molecule has 3 aromatic carbocycles. The molecule has 0 heterocycles. The largest absolute Gasteiger partial charge is 0.469 e. The molecule has 256 valence electrons. The van der Waals surface area contributed by atoms with E-state index in [1.165, 1.54) is 23.8 Å². The Labute approximate surface area is 279 Å². The Morgan fingerprint density at radius 3 is 1.36 bits per heavy atom. The molecule has 11 nitrogen and oxygen atoms in total. The second kappa shape index (κ2) is 24.2. The van der Waals surface area contributed by atoms with Crippen LogP contribution in [0.2, 0.25) is 0 Å². The molecular weight excluding hydrogens is 596 g/mol. The Morgan fingerprint density at radius 1 is 0.702 bits per heavy atom. The molecule has 0 bridgehead atoms.